The van der Waals surface area contributed by atoms with Crippen molar-refractivity contribution in [2.24, 2.45) is 29.3 Å². The van der Waals surface area contributed by atoms with E-state index < -0.39 is 5.97 Å². The smallest absolute Gasteiger partial charge is 0.354 e. The van der Waals surface area contributed by atoms with Crippen LogP contribution in [0.5, 0.6) is 11.8 Å². The molecule has 2 aromatic rings. The first-order valence-corrected chi connectivity index (χ1v) is 12.1. The lowest BCUT2D eigenvalue weighted by Crippen LogP contribution is -2.31. The number of hydrogen-bond donors (Lipinski definition) is 3. The molecule has 0 saturated heterocycles. The minimum Gasteiger partial charge on any atom is -0.489 e. The van der Waals surface area contributed by atoms with Gasteiger partial charge in [-0.2, -0.15) is 4.98 Å². The lowest BCUT2D eigenvalue weighted by molar-refractivity contribution is -0.143. The van der Waals surface area contributed by atoms with Crippen LogP contribution in [0.2, 0.25) is 0 Å². The van der Waals surface area contributed by atoms with Crippen LogP contribution in [-0.2, 0) is 4.79 Å². The van der Waals surface area contributed by atoms with Gasteiger partial charge in [-0.15, -0.1) is 0 Å². The van der Waals surface area contributed by atoms with E-state index in [1.165, 1.54) is 5.01 Å². The highest BCUT2D eigenvalue weighted by molar-refractivity contribution is 5.71. The highest BCUT2D eigenvalue weighted by Crippen LogP contribution is 2.48. The van der Waals surface area contributed by atoms with E-state index in [0.29, 0.717) is 46.3 Å². The van der Waals surface area contributed by atoms with E-state index in [9.17, 15) is 9.90 Å². The molecular weight excluding hydrogens is 452 g/mol. The van der Waals surface area contributed by atoms with Crippen LogP contribution in [0.1, 0.15) is 61.7 Å². The SMILES string of the molecule is Cc1nc(/C(N)=C(\COc2noc(C3CC3)n2)N(C)N)ccc1OC1CC2CC[C@H](C(=O)O)C2C1. The molecule has 0 spiro atoms. The number of rotatable bonds is 9. The predicted molar refractivity (Wildman–Crippen MR) is 125 cm³/mol. The van der Waals surface area contributed by atoms with Gasteiger partial charge in [-0.1, -0.05) is 0 Å². The molecule has 11 heteroatoms. The Hall–Kier alpha value is -3.34. The monoisotopic (exact) mass is 484 g/mol. The zero-order chi connectivity index (χ0) is 24.7. The molecule has 0 aromatic carbocycles. The first kappa shape index (κ1) is 23.4. The van der Waals surface area contributed by atoms with Crippen LogP contribution in [0.25, 0.3) is 5.70 Å². The van der Waals surface area contributed by atoms with Gasteiger partial charge in [0, 0.05) is 13.0 Å². The van der Waals surface area contributed by atoms with Crippen molar-refractivity contribution in [2.75, 3.05) is 13.7 Å². The van der Waals surface area contributed by atoms with Gasteiger partial charge in [0.15, 0.2) is 0 Å². The molecule has 5 N–H and O–H groups in total. The number of carbonyl (C=O) groups is 1. The lowest BCUT2D eigenvalue weighted by atomic mass is 9.92. The van der Waals surface area contributed by atoms with Crippen molar-refractivity contribution in [2.45, 2.75) is 57.5 Å². The van der Waals surface area contributed by atoms with Gasteiger partial charge < -0.3 is 29.8 Å². The third-order valence-corrected chi connectivity index (χ3v) is 7.42. The zero-order valence-electron chi connectivity index (χ0n) is 20.0. The Balaban J connectivity index is 1.25. The molecule has 3 aliphatic rings. The number of fused-ring (bicyclic) bond motifs is 1. The summed E-state index contributed by atoms with van der Waals surface area (Å²) < 4.78 is 17.1. The van der Waals surface area contributed by atoms with E-state index in [1.54, 1.807) is 13.1 Å². The van der Waals surface area contributed by atoms with Crippen molar-refractivity contribution in [3.8, 4) is 11.8 Å². The summed E-state index contributed by atoms with van der Waals surface area (Å²) in [4.78, 5) is 20.4. The fourth-order valence-corrected chi connectivity index (χ4v) is 5.37. The summed E-state index contributed by atoms with van der Waals surface area (Å²) in [6, 6.07) is 3.79. The van der Waals surface area contributed by atoms with Crippen LogP contribution < -0.4 is 21.1 Å². The van der Waals surface area contributed by atoms with E-state index in [0.717, 1.165) is 38.5 Å². The fraction of sp³-hybridized carbons (Fsp3) is 0.583. The average Bonchev–Trinajstić information content (AvgIpc) is 3.22. The molecule has 4 atom stereocenters. The minimum atomic E-state index is -0.685. The summed E-state index contributed by atoms with van der Waals surface area (Å²) in [5, 5.41) is 14.7. The lowest BCUT2D eigenvalue weighted by Gasteiger charge is -2.20. The molecule has 3 unspecified atom stereocenters. The standard InChI is InChI=1S/C24H32N6O5/c1-12-20(34-15-9-14-5-6-16(23(31)32)17(14)10-15)8-7-18(27-12)21(25)19(30(2)26)11-33-24-28-22(35-29-24)13-3-4-13/h7-8,13-17H,3-6,9-11,25-26H2,1-2H3,(H,31,32)/b21-19-/t14?,15?,16-,17?/m0/s1. The molecule has 3 fully saturated rings. The van der Waals surface area contributed by atoms with Crippen LogP contribution in [-0.4, -0.2) is 51.0 Å². The second-order valence-corrected chi connectivity index (χ2v) is 9.89. The molecule has 0 bridgehead atoms. The summed E-state index contributed by atoms with van der Waals surface area (Å²) in [7, 11) is 1.67. The number of ether oxygens (including phenoxy) is 2. The van der Waals surface area contributed by atoms with Crippen molar-refractivity contribution in [3.63, 3.8) is 0 Å². The molecule has 0 aliphatic heterocycles. The summed E-state index contributed by atoms with van der Waals surface area (Å²) in [6.45, 7) is 1.92. The summed E-state index contributed by atoms with van der Waals surface area (Å²) in [6.07, 6.45) is 5.50. The Bertz CT molecular complexity index is 1130. The van der Waals surface area contributed by atoms with Crippen LogP contribution in [0, 0.1) is 24.7 Å². The zero-order valence-corrected chi connectivity index (χ0v) is 20.0. The number of likely N-dealkylation sites (N-methyl/N-ethyl adjacent to an activating group) is 1. The quantitative estimate of drug-likeness (QED) is 0.354. The average molecular weight is 485 g/mol. The number of hydrogen-bond acceptors (Lipinski definition) is 10. The van der Waals surface area contributed by atoms with Crippen LogP contribution in [0.15, 0.2) is 22.4 Å². The summed E-state index contributed by atoms with van der Waals surface area (Å²) >= 11 is 0. The van der Waals surface area contributed by atoms with Crippen molar-refractivity contribution >= 4 is 11.7 Å². The van der Waals surface area contributed by atoms with Crippen LogP contribution in [0.3, 0.4) is 0 Å². The van der Waals surface area contributed by atoms with Gasteiger partial charge in [-0.25, -0.2) is 10.8 Å². The van der Waals surface area contributed by atoms with Gasteiger partial charge in [-0.05, 0) is 74.6 Å². The number of hydrazine groups is 1. The van der Waals surface area contributed by atoms with Crippen molar-refractivity contribution in [1.82, 2.24) is 20.1 Å². The first-order chi connectivity index (χ1) is 16.8. The molecular formula is C24H32N6O5. The molecule has 188 valence electrons. The topological polar surface area (TPSA) is 163 Å². The number of nitrogens with zero attached hydrogens (tertiary/aromatic N) is 4. The highest BCUT2D eigenvalue weighted by atomic mass is 16.6. The molecule has 5 rings (SSSR count). The normalized spacial score (nSPS) is 26.3. The third kappa shape index (κ3) is 4.90. The number of nitrogens with two attached hydrogens (primary N) is 2. The van der Waals surface area contributed by atoms with Crippen LogP contribution in [0.4, 0.5) is 0 Å². The molecule has 3 aliphatic carbocycles. The first-order valence-electron chi connectivity index (χ1n) is 12.1. The molecule has 0 amide bonds. The maximum atomic E-state index is 11.5. The third-order valence-electron chi connectivity index (χ3n) is 7.42. The molecule has 35 heavy (non-hydrogen) atoms. The molecule has 3 saturated carbocycles. The predicted octanol–water partition coefficient (Wildman–Crippen LogP) is 2.43. The Morgan fingerprint density at radius 1 is 1.23 bits per heavy atom. The summed E-state index contributed by atoms with van der Waals surface area (Å²) in [5.41, 5.74) is 8.55. The van der Waals surface area contributed by atoms with E-state index in [2.05, 4.69) is 15.1 Å². The van der Waals surface area contributed by atoms with E-state index >= 15 is 0 Å². The molecule has 0 radical (unpaired) electrons. The number of carboxylic acid groups (broad SMARTS) is 1. The minimum absolute atomic E-state index is 0.000940. The summed E-state index contributed by atoms with van der Waals surface area (Å²) in [5.74, 6) is 7.32. The maximum Gasteiger partial charge on any atom is 0.354 e. The van der Waals surface area contributed by atoms with Gasteiger partial charge in [0.2, 0.25) is 5.89 Å². The van der Waals surface area contributed by atoms with Crippen molar-refractivity contribution in [3.05, 3.63) is 35.1 Å². The number of pyridine rings is 1. The number of aromatic nitrogens is 3. The Labute approximate surface area is 203 Å². The molecule has 11 nitrogen and oxygen atoms in total. The van der Waals surface area contributed by atoms with E-state index in [4.69, 9.17) is 25.6 Å². The molecule has 2 aromatic heterocycles. The molecule has 2 heterocycles. The number of aliphatic carboxylic acids is 1. The van der Waals surface area contributed by atoms with Gasteiger partial charge in [0.1, 0.15) is 12.4 Å². The Kier molecular flexibility index (Phi) is 6.26. The van der Waals surface area contributed by atoms with Gasteiger partial charge in [-0.3, -0.25) is 4.79 Å². The second-order valence-electron chi connectivity index (χ2n) is 9.89. The maximum absolute atomic E-state index is 11.5. The van der Waals surface area contributed by atoms with E-state index in [1.807, 2.05) is 13.0 Å². The Morgan fingerprint density at radius 2 is 2.03 bits per heavy atom. The fourth-order valence-electron chi connectivity index (χ4n) is 5.37. The van der Waals surface area contributed by atoms with E-state index in [-0.39, 0.29) is 30.6 Å². The van der Waals surface area contributed by atoms with Gasteiger partial charge >= 0.3 is 12.0 Å². The number of carboxylic acids is 1. The largest absolute Gasteiger partial charge is 0.489 e. The van der Waals surface area contributed by atoms with Gasteiger partial charge in [0.25, 0.3) is 0 Å². The van der Waals surface area contributed by atoms with Crippen LogP contribution >= 0.6 is 0 Å². The second kappa shape index (κ2) is 9.37. The highest BCUT2D eigenvalue weighted by Gasteiger charge is 2.47. The Morgan fingerprint density at radius 3 is 2.71 bits per heavy atom. The van der Waals surface area contributed by atoms with Gasteiger partial charge in [0.05, 0.1) is 34.8 Å². The van der Waals surface area contributed by atoms with Crippen molar-refractivity contribution < 1.29 is 23.9 Å². The van der Waals surface area contributed by atoms with Crippen molar-refractivity contribution in [1.29, 1.82) is 0 Å². The number of aryl methyl sites for hydroxylation is 1.